The van der Waals surface area contributed by atoms with Crippen LogP contribution < -0.4 is 10.2 Å². The SMILES string of the molecule is C[C@H]1Cc2cc(S(=O)(=O)N3CCN(c4ccccc4F)CC3)ccc2N1. The normalized spacial score (nSPS) is 20.7. The van der Waals surface area contributed by atoms with Crippen LogP contribution in [-0.2, 0) is 16.4 Å². The summed E-state index contributed by atoms with van der Waals surface area (Å²) in [6.07, 6.45) is 0.833. The summed E-state index contributed by atoms with van der Waals surface area (Å²) in [5.41, 5.74) is 2.59. The molecule has 138 valence electrons. The summed E-state index contributed by atoms with van der Waals surface area (Å²) >= 11 is 0. The maximum atomic E-state index is 13.9. The highest BCUT2D eigenvalue weighted by atomic mass is 32.2. The first-order valence-corrected chi connectivity index (χ1v) is 10.3. The fourth-order valence-corrected chi connectivity index (χ4v) is 5.19. The number of nitrogens with zero attached hydrogens (tertiary/aromatic N) is 2. The van der Waals surface area contributed by atoms with Gasteiger partial charge in [-0.3, -0.25) is 0 Å². The van der Waals surface area contributed by atoms with Crippen LogP contribution in [0.3, 0.4) is 0 Å². The maximum absolute atomic E-state index is 13.9. The first-order chi connectivity index (χ1) is 12.4. The molecular formula is C19H22FN3O2S. The van der Waals surface area contributed by atoms with Gasteiger partial charge in [-0.25, -0.2) is 12.8 Å². The second-order valence-electron chi connectivity index (χ2n) is 6.91. The number of fused-ring (bicyclic) bond motifs is 1. The van der Waals surface area contributed by atoms with Gasteiger partial charge in [0.2, 0.25) is 10.0 Å². The highest BCUT2D eigenvalue weighted by Gasteiger charge is 2.30. The van der Waals surface area contributed by atoms with Crippen LogP contribution in [0.1, 0.15) is 12.5 Å². The maximum Gasteiger partial charge on any atom is 0.243 e. The number of halogens is 1. The molecule has 7 heteroatoms. The summed E-state index contributed by atoms with van der Waals surface area (Å²) in [4.78, 5) is 2.24. The quantitative estimate of drug-likeness (QED) is 0.896. The van der Waals surface area contributed by atoms with Crippen LogP contribution in [0.4, 0.5) is 15.8 Å². The zero-order valence-corrected chi connectivity index (χ0v) is 15.5. The molecule has 2 aromatic rings. The van der Waals surface area contributed by atoms with Crippen LogP contribution in [0, 0.1) is 5.82 Å². The third kappa shape index (κ3) is 3.05. The van der Waals surface area contributed by atoms with E-state index in [4.69, 9.17) is 0 Å². The highest BCUT2D eigenvalue weighted by molar-refractivity contribution is 7.89. The number of rotatable bonds is 3. The number of anilines is 2. The molecule has 0 radical (unpaired) electrons. The molecule has 2 heterocycles. The molecule has 2 aliphatic heterocycles. The molecule has 26 heavy (non-hydrogen) atoms. The fraction of sp³-hybridized carbons (Fsp3) is 0.368. The van der Waals surface area contributed by atoms with Crippen LogP contribution in [0.25, 0.3) is 0 Å². The minimum atomic E-state index is -3.53. The van der Waals surface area contributed by atoms with Crippen molar-refractivity contribution in [2.24, 2.45) is 0 Å². The van der Waals surface area contributed by atoms with Crippen molar-refractivity contribution in [2.45, 2.75) is 24.3 Å². The Morgan fingerprint density at radius 3 is 2.54 bits per heavy atom. The van der Waals surface area contributed by atoms with Gasteiger partial charge in [-0.15, -0.1) is 0 Å². The summed E-state index contributed by atoms with van der Waals surface area (Å²) in [5, 5.41) is 3.33. The van der Waals surface area contributed by atoms with Gasteiger partial charge in [0.15, 0.2) is 0 Å². The van der Waals surface area contributed by atoms with Gasteiger partial charge < -0.3 is 10.2 Å². The molecule has 5 nitrogen and oxygen atoms in total. The molecular weight excluding hydrogens is 353 g/mol. The van der Waals surface area contributed by atoms with Crippen molar-refractivity contribution in [1.82, 2.24) is 4.31 Å². The van der Waals surface area contributed by atoms with Crippen molar-refractivity contribution in [3.63, 3.8) is 0 Å². The lowest BCUT2D eigenvalue weighted by Crippen LogP contribution is -2.48. The monoisotopic (exact) mass is 375 g/mol. The Morgan fingerprint density at radius 1 is 1.08 bits per heavy atom. The van der Waals surface area contributed by atoms with E-state index in [0.717, 1.165) is 17.7 Å². The molecule has 2 aliphatic rings. The number of nitrogens with one attached hydrogen (secondary N) is 1. The van der Waals surface area contributed by atoms with Crippen LogP contribution >= 0.6 is 0 Å². The van der Waals surface area contributed by atoms with Gasteiger partial charge in [0, 0.05) is 37.9 Å². The first-order valence-electron chi connectivity index (χ1n) is 8.84. The van der Waals surface area contributed by atoms with E-state index in [1.54, 1.807) is 30.3 Å². The van der Waals surface area contributed by atoms with E-state index < -0.39 is 10.0 Å². The van der Waals surface area contributed by atoms with E-state index in [2.05, 4.69) is 12.2 Å². The Morgan fingerprint density at radius 2 is 1.81 bits per heavy atom. The number of benzene rings is 2. The molecule has 1 fully saturated rings. The summed E-state index contributed by atoms with van der Waals surface area (Å²) in [6, 6.07) is 12.2. The van der Waals surface area contributed by atoms with Crippen molar-refractivity contribution >= 4 is 21.4 Å². The topological polar surface area (TPSA) is 52.7 Å². The van der Waals surface area contributed by atoms with Crippen molar-refractivity contribution in [3.05, 3.63) is 53.8 Å². The second kappa shape index (κ2) is 6.55. The Labute approximate surface area is 153 Å². The molecule has 0 amide bonds. The molecule has 4 rings (SSSR count). The van der Waals surface area contributed by atoms with Crippen LogP contribution in [0.2, 0.25) is 0 Å². The van der Waals surface area contributed by atoms with Crippen molar-refractivity contribution in [1.29, 1.82) is 0 Å². The van der Waals surface area contributed by atoms with E-state index in [1.807, 2.05) is 11.0 Å². The van der Waals surface area contributed by atoms with E-state index in [-0.39, 0.29) is 5.82 Å². The van der Waals surface area contributed by atoms with Gasteiger partial charge in [0.1, 0.15) is 5.82 Å². The molecule has 0 bridgehead atoms. The molecule has 1 N–H and O–H groups in total. The summed E-state index contributed by atoms with van der Waals surface area (Å²) < 4.78 is 41.4. The number of para-hydroxylation sites is 1. The van der Waals surface area contributed by atoms with Crippen LogP contribution in [0.15, 0.2) is 47.4 Å². The molecule has 2 aromatic carbocycles. The zero-order chi connectivity index (χ0) is 18.3. The Bertz CT molecular complexity index is 924. The first kappa shape index (κ1) is 17.3. The third-order valence-electron chi connectivity index (χ3n) is 5.07. The minimum Gasteiger partial charge on any atom is -0.382 e. The van der Waals surface area contributed by atoms with E-state index in [9.17, 15) is 12.8 Å². The zero-order valence-electron chi connectivity index (χ0n) is 14.7. The molecule has 0 unspecified atom stereocenters. The molecule has 0 aliphatic carbocycles. The second-order valence-corrected chi connectivity index (χ2v) is 8.85. The molecule has 1 atom stereocenters. The van der Waals surface area contributed by atoms with Crippen molar-refractivity contribution in [3.8, 4) is 0 Å². The number of piperazine rings is 1. The van der Waals surface area contributed by atoms with Gasteiger partial charge in [-0.2, -0.15) is 4.31 Å². The van der Waals surface area contributed by atoms with Crippen LogP contribution in [0.5, 0.6) is 0 Å². The summed E-state index contributed by atoms with van der Waals surface area (Å²) in [5.74, 6) is -0.274. The fourth-order valence-electron chi connectivity index (χ4n) is 3.71. The molecule has 0 spiro atoms. The van der Waals surface area contributed by atoms with Gasteiger partial charge in [0.25, 0.3) is 0 Å². The van der Waals surface area contributed by atoms with Crippen molar-refractivity contribution < 1.29 is 12.8 Å². The van der Waals surface area contributed by atoms with Crippen molar-refractivity contribution in [2.75, 3.05) is 36.4 Å². The third-order valence-corrected chi connectivity index (χ3v) is 6.97. The number of sulfonamides is 1. The summed E-state index contributed by atoms with van der Waals surface area (Å²) in [6.45, 7) is 3.73. The standard InChI is InChI=1S/C19H22FN3O2S/c1-14-12-15-13-16(6-7-18(15)21-14)26(24,25)23-10-8-22(9-11-23)19-5-3-2-4-17(19)20/h2-7,13-14,21H,8-12H2,1H3/t14-/m0/s1. The van der Waals surface area contributed by atoms with E-state index >= 15 is 0 Å². The largest absolute Gasteiger partial charge is 0.382 e. The molecule has 0 aromatic heterocycles. The van der Waals surface area contributed by atoms with Gasteiger partial charge in [-0.05, 0) is 49.2 Å². The Balaban J connectivity index is 1.50. The average Bonchev–Trinajstić information content (AvgIpc) is 3.01. The minimum absolute atomic E-state index is 0.274. The predicted molar refractivity (Wildman–Crippen MR) is 101 cm³/mol. The molecule has 1 saturated heterocycles. The van der Waals surface area contributed by atoms with Gasteiger partial charge in [0.05, 0.1) is 10.6 Å². The van der Waals surface area contributed by atoms with E-state index in [0.29, 0.717) is 42.8 Å². The lowest BCUT2D eigenvalue weighted by atomic mass is 10.1. The number of hydrogen-bond acceptors (Lipinski definition) is 4. The Hall–Kier alpha value is -2.12. The predicted octanol–water partition coefficient (Wildman–Crippen LogP) is 2.69. The lowest BCUT2D eigenvalue weighted by molar-refractivity contribution is 0.383. The smallest absolute Gasteiger partial charge is 0.243 e. The van der Waals surface area contributed by atoms with Crippen LogP contribution in [-0.4, -0.2) is 44.9 Å². The molecule has 0 saturated carbocycles. The lowest BCUT2D eigenvalue weighted by Gasteiger charge is -2.35. The van der Waals surface area contributed by atoms with Gasteiger partial charge >= 0.3 is 0 Å². The number of hydrogen-bond donors (Lipinski definition) is 1. The Kier molecular flexibility index (Phi) is 4.36. The van der Waals surface area contributed by atoms with Gasteiger partial charge in [-0.1, -0.05) is 12.1 Å². The van der Waals surface area contributed by atoms with E-state index in [1.165, 1.54) is 10.4 Å². The average molecular weight is 375 g/mol. The summed E-state index contributed by atoms with van der Waals surface area (Å²) in [7, 11) is -3.53. The highest BCUT2D eigenvalue weighted by Crippen LogP contribution is 2.30.